The second kappa shape index (κ2) is 14.9. The lowest BCUT2D eigenvalue weighted by Crippen LogP contribution is -2.51. The van der Waals surface area contributed by atoms with Crippen molar-refractivity contribution < 1.29 is 22.4 Å². The van der Waals surface area contributed by atoms with Gasteiger partial charge in [0.15, 0.2) is 0 Å². The number of hydrogen-bond acceptors (Lipinski definition) is 4. The predicted octanol–water partition coefficient (Wildman–Crippen LogP) is 5.78. The fraction of sp³-hybridized carbons (Fsp3) is 0.394. The molecular formula is C33H39ClFN3O4S. The van der Waals surface area contributed by atoms with Crippen LogP contribution in [0.25, 0.3) is 0 Å². The maximum absolute atomic E-state index is 14.0. The predicted molar refractivity (Wildman–Crippen MR) is 166 cm³/mol. The number of amides is 2. The molecule has 2 amide bonds. The first-order chi connectivity index (χ1) is 20.5. The van der Waals surface area contributed by atoms with Crippen molar-refractivity contribution in [2.45, 2.75) is 57.0 Å². The minimum Gasteiger partial charge on any atom is -0.343 e. The molecule has 0 radical (unpaired) electrons. The van der Waals surface area contributed by atoms with E-state index >= 15 is 0 Å². The van der Waals surface area contributed by atoms with Gasteiger partial charge in [-0.2, -0.15) is 4.31 Å². The first kappa shape index (κ1) is 32.6. The van der Waals surface area contributed by atoms with Gasteiger partial charge in [0.1, 0.15) is 5.82 Å². The van der Waals surface area contributed by atoms with Crippen LogP contribution in [0.1, 0.15) is 44.2 Å². The van der Waals surface area contributed by atoms with E-state index in [1.807, 2.05) is 49.1 Å². The van der Waals surface area contributed by atoms with Crippen molar-refractivity contribution in [2.24, 2.45) is 5.92 Å². The minimum atomic E-state index is -3.98. The summed E-state index contributed by atoms with van der Waals surface area (Å²) in [6, 6.07) is 21.6. The van der Waals surface area contributed by atoms with Crippen molar-refractivity contribution in [3.8, 4) is 0 Å². The van der Waals surface area contributed by atoms with E-state index in [1.165, 1.54) is 40.7 Å². The van der Waals surface area contributed by atoms with E-state index in [9.17, 15) is 22.4 Å². The molecule has 1 aliphatic heterocycles. The molecule has 0 aliphatic carbocycles. The van der Waals surface area contributed by atoms with Crippen molar-refractivity contribution in [1.29, 1.82) is 0 Å². The van der Waals surface area contributed by atoms with Gasteiger partial charge in [0, 0.05) is 43.7 Å². The second-order valence-electron chi connectivity index (χ2n) is 11.4. The highest BCUT2D eigenvalue weighted by Crippen LogP contribution is 2.24. The number of nitrogens with zero attached hydrogens (tertiary/aromatic N) is 3. The number of benzene rings is 3. The highest BCUT2D eigenvalue weighted by molar-refractivity contribution is 7.89. The normalized spacial score (nSPS) is 14.3. The van der Waals surface area contributed by atoms with Crippen molar-refractivity contribution in [1.82, 2.24) is 14.1 Å². The molecule has 4 rings (SSSR count). The number of piperidine rings is 1. The van der Waals surface area contributed by atoms with Crippen LogP contribution in [0.3, 0.4) is 0 Å². The van der Waals surface area contributed by atoms with Crippen molar-refractivity contribution in [3.63, 3.8) is 0 Å². The Morgan fingerprint density at radius 1 is 0.930 bits per heavy atom. The highest BCUT2D eigenvalue weighted by Gasteiger charge is 2.33. The van der Waals surface area contributed by atoms with Gasteiger partial charge >= 0.3 is 0 Å². The third-order valence-electron chi connectivity index (χ3n) is 7.65. The molecule has 0 unspecified atom stereocenters. The molecule has 7 nitrogen and oxygen atoms in total. The van der Waals surface area contributed by atoms with Crippen LogP contribution in [0, 0.1) is 11.7 Å². The van der Waals surface area contributed by atoms with Crippen LogP contribution in [-0.2, 0) is 32.6 Å². The summed E-state index contributed by atoms with van der Waals surface area (Å²) in [6.07, 6.45) is 2.22. The lowest BCUT2D eigenvalue weighted by Gasteiger charge is -2.39. The Balaban J connectivity index is 1.49. The number of hydrogen-bond donors (Lipinski definition) is 0. The van der Waals surface area contributed by atoms with Gasteiger partial charge in [-0.3, -0.25) is 9.59 Å². The number of carbonyl (C=O) groups is 2. The SMILES string of the molecule is CC(C)CN(CC(=O)N(Cc1ccc(F)cc1)C1CCN(C(=O)CCc2ccccc2)CC1)S(=O)(=O)c1ccc(Cl)cc1. The van der Waals surface area contributed by atoms with E-state index in [4.69, 9.17) is 11.6 Å². The molecule has 10 heteroatoms. The number of likely N-dealkylation sites (tertiary alicyclic amines) is 1. The van der Waals surface area contributed by atoms with Crippen LogP contribution < -0.4 is 0 Å². The number of sulfonamides is 1. The minimum absolute atomic E-state index is 0.0226. The molecule has 0 spiro atoms. The molecule has 3 aromatic carbocycles. The largest absolute Gasteiger partial charge is 0.343 e. The average Bonchev–Trinajstić information content (AvgIpc) is 3.00. The quantitative estimate of drug-likeness (QED) is 0.255. The Morgan fingerprint density at radius 2 is 1.56 bits per heavy atom. The van der Waals surface area contributed by atoms with Crippen molar-refractivity contribution in [2.75, 3.05) is 26.2 Å². The summed E-state index contributed by atoms with van der Waals surface area (Å²) in [5.74, 6) is -0.654. The highest BCUT2D eigenvalue weighted by atomic mass is 35.5. The van der Waals surface area contributed by atoms with E-state index in [1.54, 1.807) is 17.0 Å². The zero-order chi connectivity index (χ0) is 31.0. The number of aryl methyl sites for hydroxylation is 1. The monoisotopic (exact) mass is 627 g/mol. The fourth-order valence-corrected chi connectivity index (χ4v) is 7.02. The first-order valence-corrected chi connectivity index (χ1v) is 16.5. The first-order valence-electron chi connectivity index (χ1n) is 14.6. The van der Waals surface area contributed by atoms with Gasteiger partial charge in [-0.15, -0.1) is 0 Å². The van der Waals surface area contributed by atoms with Crippen LogP contribution >= 0.6 is 11.6 Å². The molecule has 230 valence electrons. The molecule has 0 aromatic heterocycles. The Morgan fingerprint density at radius 3 is 2.16 bits per heavy atom. The van der Waals surface area contributed by atoms with E-state index in [0.29, 0.717) is 43.8 Å². The van der Waals surface area contributed by atoms with Gasteiger partial charge in [0.05, 0.1) is 11.4 Å². The molecule has 0 saturated carbocycles. The number of rotatable bonds is 12. The summed E-state index contributed by atoms with van der Waals surface area (Å²) in [5.41, 5.74) is 1.85. The Bertz CT molecular complexity index is 1460. The number of halogens is 2. The fourth-order valence-electron chi connectivity index (χ4n) is 5.34. The summed E-state index contributed by atoms with van der Waals surface area (Å²) >= 11 is 5.98. The summed E-state index contributed by atoms with van der Waals surface area (Å²) in [5, 5.41) is 0.417. The molecule has 0 N–H and O–H groups in total. The Labute approximate surface area is 259 Å². The maximum atomic E-state index is 14.0. The van der Waals surface area contributed by atoms with Crippen molar-refractivity contribution >= 4 is 33.4 Å². The summed E-state index contributed by atoms with van der Waals surface area (Å²) in [4.78, 5) is 30.5. The molecule has 43 heavy (non-hydrogen) atoms. The van der Waals surface area contributed by atoms with Gasteiger partial charge in [-0.1, -0.05) is 67.9 Å². The number of carbonyl (C=O) groups excluding carboxylic acids is 2. The smallest absolute Gasteiger partial charge is 0.243 e. The Hall–Kier alpha value is -3.27. The van der Waals surface area contributed by atoms with Crippen LogP contribution in [0.15, 0.2) is 83.8 Å². The van der Waals surface area contributed by atoms with Crippen LogP contribution in [0.5, 0.6) is 0 Å². The van der Waals surface area contributed by atoms with Crippen LogP contribution in [0.4, 0.5) is 4.39 Å². The molecule has 0 bridgehead atoms. The molecule has 1 aliphatic rings. The molecule has 1 heterocycles. The standard InChI is InChI=1S/C33H39ClFN3O4S/c1-25(2)22-37(43(41,42)31-15-11-28(34)12-16-31)24-33(40)38(23-27-8-13-29(35)14-9-27)30-18-20-36(21-19-30)32(39)17-10-26-6-4-3-5-7-26/h3-9,11-16,25,30H,10,17-24H2,1-2H3. The van der Waals surface area contributed by atoms with E-state index < -0.39 is 10.0 Å². The van der Waals surface area contributed by atoms with Gasteiger partial charge in [0.25, 0.3) is 0 Å². The molecule has 1 saturated heterocycles. The van der Waals surface area contributed by atoms with E-state index in [0.717, 1.165) is 11.1 Å². The van der Waals surface area contributed by atoms with Gasteiger partial charge in [-0.05, 0) is 72.7 Å². The van der Waals surface area contributed by atoms with Crippen molar-refractivity contribution in [3.05, 3.63) is 101 Å². The van der Waals surface area contributed by atoms with Gasteiger partial charge < -0.3 is 9.80 Å². The third kappa shape index (κ3) is 9.11. The molecule has 0 atom stereocenters. The van der Waals surface area contributed by atoms with Gasteiger partial charge in [0.2, 0.25) is 21.8 Å². The Kier molecular flexibility index (Phi) is 11.3. The molecular weight excluding hydrogens is 589 g/mol. The zero-order valence-electron chi connectivity index (χ0n) is 24.7. The zero-order valence-corrected chi connectivity index (χ0v) is 26.2. The lowest BCUT2D eigenvalue weighted by atomic mass is 10.0. The molecule has 3 aromatic rings. The summed E-state index contributed by atoms with van der Waals surface area (Å²) in [7, 11) is -3.98. The summed E-state index contributed by atoms with van der Waals surface area (Å²) in [6.45, 7) is 4.85. The summed E-state index contributed by atoms with van der Waals surface area (Å²) < 4.78 is 42.1. The van der Waals surface area contributed by atoms with Gasteiger partial charge in [-0.25, -0.2) is 12.8 Å². The van der Waals surface area contributed by atoms with E-state index in [2.05, 4.69) is 0 Å². The second-order valence-corrected chi connectivity index (χ2v) is 13.8. The third-order valence-corrected chi connectivity index (χ3v) is 9.72. The average molecular weight is 628 g/mol. The van der Waals surface area contributed by atoms with Crippen LogP contribution in [0.2, 0.25) is 5.02 Å². The topological polar surface area (TPSA) is 78.0 Å². The molecule has 1 fully saturated rings. The van der Waals surface area contributed by atoms with E-state index in [-0.39, 0.29) is 54.1 Å². The lowest BCUT2D eigenvalue weighted by molar-refractivity contribution is -0.137. The maximum Gasteiger partial charge on any atom is 0.243 e. The van der Waals surface area contributed by atoms with Crippen LogP contribution in [-0.4, -0.2) is 66.6 Å².